The molecule has 1 saturated heterocycles. The fraction of sp³-hybridized carbons (Fsp3) is 0.391. The molecule has 154 valence electrons. The van der Waals surface area contributed by atoms with Gasteiger partial charge in [0.05, 0.1) is 7.11 Å². The molecular formula is C23H29N3O3. The van der Waals surface area contributed by atoms with Gasteiger partial charge in [-0.1, -0.05) is 30.3 Å². The zero-order valence-corrected chi connectivity index (χ0v) is 17.1. The van der Waals surface area contributed by atoms with Gasteiger partial charge in [-0.15, -0.1) is 0 Å². The van der Waals surface area contributed by atoms with Crippen molar-refractivity contribution in [2.45, 2.75) is 38.4 Å². The van der Waals surface area contributed by atoms with Gasteiger partial charge in [-0.2, -0.15) is 0 Å². The van der Waals surface area contributed by atoms with Crippen LogP contribution in [0.1, 0.15) is 35.7 Å². The van der Waals surface area contributed by atoms with E-state index in [2.05, 4.69) is 27.7 Å². The molecule has 0 spiro atoms. The molecule has 1 aliphatic rings. The van der Waals surface area contributed by atoms with Gasteiger partial charge >= 0.3 is 0 Å². The molecule has 6 nitrogen and oxygen atoms in total. The average molecular weight is 396 g/mol. The van der Waals surface area contributed by atoms with E-state index in [1.54, 1.807) is 38.3 Å². The van der Waals surface area contributed by atoms with Crippen molar-refractivity contribution in [3.8, 4) is 5.75 Å². The summed E-state index contributed by atoms with van der Waals surface area (Å²) in [6.07, 6.45) is 1.80. The molecule has 1 atom stereocenters. The highest BCUT2D eigenvalue weighted by Crippen LogP contribution is 2.17. The highest BCUT2D eigenvalue weighted by atomic mass is 16.5. The molecule has 29 heavy (non-hydrogen) atoms. The first-order valence-corrected chi connectivity index (χ1v) is 10.1. The summed E-state index contributed by atoms with van der Waals surface area (Å²) in [5, 5.41) is 5.84. The molecule has 2 amide bonds. The Morgan fingerprint density at radius 1 is 1.10 bits per heavy atom. The van der Waals surface area contributed by atoms with E-state index in [1.807, 2.05) is 18.2 Å². The van der Waals surface area contributed by atoms with Gasteiger partial charge in [0.15, 0.2) is 0 Å². The number of carbonyl (C=O) groups is 2. The van der Waals surface area contributed by atoms with Gasteiger partial charge in [0.2, 0.25) is 5.91 Å². The molecule has 0 saturated carbocycles. The van der Waals surface area contributed by atoms with Crippen LogP contribution in [0.2, 0.25) is 0 Å². The number of rotatable bonds is 7. The van der Waals surface area contributed by atoms with Crippen LogP contribution in [-0.4, -0.2) is 49.0 Å². The molecule has 1 heterocycles. The van der Waals surface area contributed by atoms with E-state index >= 15 is 0 Å². The average Bonchev–Trinajstić information content (AvgIpc) is 2.75. The van der Waals surface area contributed by atoms with Crippen LogP contribution in [0.25, 0.3) is 0 Å². The molecule has 0 aromatic heterocycles. The zero-order chi connectivity index (χ0) is 20.6. The van der Waals surface area contributed by atoms with Gasteiger partial charge in [-0.05, 0) is 49.6 Å². The van der Waals surface area contributed by atoms with Gasteiger partial charge < -0.3 is 15.4 Å². The van der Waals surface area contributed by atoms with Crippen molar-refractivity contribution in [2.75, 3.05) is 20.2 Å². The van der Waals surface area contributed by atoms with E-state index in [0.29, 0.717) is 5.56 Å². The van der Waals surface area contributed by atoms with Crippen LogP contribution in [-0.2, 0) is 11.3 Å². The SMILES string of the molecule is COc1cccc(CN2CCC(NC(=O)C(C)NC(=O)c3ccccc3)CC2)c1. The summed E-state index contributed by atoms with van der Waals surface area (Å²) < 4.78 is 5.29. The van der Waals surface area contributed by atoms with Crippen LogP contribution in [0.15, 0.2) is 54.6 Å². The lowest BCUT2D eigenvalue weighted by Gasteiger charge is -2.33. The van der Waals surface area contributed by atoms with Crippen LogP contribution >= 0.6 is 0 Å². The topological polar surface area (TPSA) is 70.7 Å². The number of hydrogen-bond acceptors (Lipinski definition) is 4. The van der Waals surface area contributed by atoms with E-state index in [0.717, 1.165) is 38.2 Å². The second kappa shape index (κ2) is 10.1. The minimum absolute atomic E-state index is 0.138. The largest absolute Gasteiger partial charge is 0.497 e. The summed E-state index contributed by atoms with van der Waals surface area (Å²) in [7, 11) is 1.68. The Kier molecular flexibility index (Phi) is 7.25. The first-order chi connectivity index (χ1) is 14.0. The van der Waals surface area contributed by atoms with Crippen LogP contribution in [0, 0.1) is 0 Å². The summed E-state index contributed by atoms with van der Waals surface area (Å²) in [5.41, 5.74) is 1.78. The minimum Gasteiger partial charge on any atom is -0.497 e. The molecule has 3 rings (SSSR count). The Bertz CT molecular complexity index is 817. The number of benzene rings is 2. The Morgan fingerprint density at radius 3 is 2.52 bits per heavy atom. The fourth-order valence-electron chi connectivity index (χ4n) is 3.53. The lowest BCUT2D eigenvalue weighted by Crippen LogP contribution is -2.51. The predicted octanol–water partition coefficient (Wildman–Crippen LogP) is 2.59. The highest BCUT2D eigenvalue weighted by Gasteiger charge is 2.23. The number of amides is 2. The van der Waals surface area contributed by atoms with E-state index in [1.165, 1.54) is 5.56 Å². The van der Waals surface area contributed by atoms with E-state index in [4.69, 9.17) is 4.74 Å². The summed E-state index contributed by atoms with van der Waals surface area (Å²) >= 11 is 0. The maximum absolute atomic E-state index is 12.5. The van der Waals surface area contributed by atoms with E-state index < -0.39 is 6.04 Å². The van der Waals surface area contributed by atoms with Gasteiger partial charge in [0, 0.05) is 31.2 Å². The summed E-state index contributed by atoms with van der Waals surface area (Å²) in [6.45, 7) is 4.44. The maximum Gasteiger partial charge on any atom is 0.251 e. The number of carbonyl (C=O) groups excluding carboxylic acids is 2. The van der Waals surface area contributed by atoms with E-state index in [9.17, 15) is 9.59 Å². The number of hydrogen-bond donors (Lipinski definition) is 2. The van der Waals surface area contributed by atoms with Crippen LogP contribution < -0.4 is 15.4 Å². The number of ether oxygens (including phenoxy) is 1. The number of piperidine rings is 1. The fourth-order valence-corrected chi connectivity index (χ4v) is 3.53. The molecule has 0 aliphatic carbocycles. The first kappa shape index (κ1) is 20.9. The van der Waals surface area contributed by atoms with Crippen molar-refractivity contribution in [2.24, 2.45) is 0 Å². The Morgan fingerprint density at radius 2 is 1.83 bits per heavy atom. The molecule has 2 aromatic rings. The van der Waals surface area contributed by atoms with Crippen molar-refractivity contribution >= 4 is 11.8 Å². The van der Waals surface area contributed by atoms with E-state index in [-0.39, 0.29) is 17.9 Å². The summed E-state index contributed by atoms with van der Waals surface area (Å²) in [5.74, 6) is 0.498. The molecule has 2 aromatic carbocycles. The molecular weight excluding hydrogens is 366 g/mol. The molecule has 1 unspecified atom stereocenters. The van der Waals surface area contributed by atoms with Crippen molar-refractivity contribution in [3.63, 3.8) is 0 Å². The number of nitrogens with one attached hydrogen (secondary N) is 2. The third kappa shape index (κ3) is 6.06. The normalized spacial score (nSPS) is 16.1. The molecule has 6 heteroatoms. The first-order valence-electron chi connectivity index (χ1n) is 10.1. The third-order valence-electron chi connectivity index (χ3n) is 5.25. The number of methoxy groups -OCH3 is 1. The van der Waals surface area contributed by atoms with Gasteiger partial charge in [-0.25, -0.2) is 0 Å². The second-order valence-electron chi connectivity index (χ2n) is 7.47. The maximum atomic E-state index is 12.5. The van der Waals surface area contributed by atoms with Crippen LogP contribution in [0.5, 0.6) is 5.75 Å². The van der Waals surface area contributed by atoms with Crippen molar-refractivity contribution in [1.29, 1.82) is 0 Å². The van der Waals surface area contributed by atoms with Gasteiger partial charge in [0.25, 0.3) is 5.91 Å². The number of nitrogens with zero attached hydrogens (tertiary/aromatic N) is 1. The van der Waals surface area contributed by atoms with Crippen molar-refractivity contribution in [1.82, 2.24) is 15.5 Å². The van der Waals surface area contributed by atoms with Crippen molar-refractivity contribution in [3.05, 3.63) is 65.7 Å². The monoisotopic (exact) mass is 395 g/mol. The molecule has 2 N–H and O–H groups in total. The lowest BCUT2D eigenvalue weighted by atomic mass is 10.0. The standard InChI is InChI=1S/C23H29N3O3/c1-17(24-23(28)19-8-4-3-5-9-19)22(27)25-20-11-13-26(14-12-20)16-18-7-6-10-21(15-18)29-2/h3-10,15,17,20H,11-14,16H2,1-2H3,(H,24,28)(H,25,27). The highest BCUT2D eigenvalue weighted by molar-refractivity contribution is 5.97. The second-order valence-corrected chi connectivity index (χ2v) is 7.47. The molecule has 1 aliphatic heterocycles. The van der Waals surface area contributed by atoms with Gasteiger partial charge in [-0.3, -0.25) is 14.5 Å². The van der Waals surface area contributed by atoms with Gasteiger partial charge in [0.1, 0.15) is 11.8 Å². The Hall–Kier alpha value is -2.86. The van der Waals surface area contributed by atoms with Crippen molar-refractivity contribution < 1.29 is 14.3 Å². The summed E-state index contributed by atoms with van der Waals surface area (Å²) in [4.78, 5) is 27.1. The minimum atomic E-state index is -0.572. The van der Waals surface area contributed by atoms with Crippen LogP contribution in [0.4, 0.5) is 0 Å². The Balaban J connectivity index is 1.42. The molecule has 0 bridgehead atoms. The number of likely N-dealkylation sites (tertiary alicyclic amines) is 1. The zero-order valence-electron chi connectivity index (χ0n) is 17.1. The Labute approximate surface area is 172 Å². The quantitative estimate of drug-likeness (QED) is 0.756. The molecule has 1 fully saturated rings. The summed E-state index contributed by atoms with van der Waals surface area (Å²) in [6, 6.07) is 16.6. The molecule has 0 radical (unpaired) electrons. The van der Waals surface area contributed by atoms with Crippen LogP contribution in [0.3, 0.4) is 0 Å². The predicted molar refractivity (Wildman–Crippen MR) is 113 cm³/mol. The third-order valence-corrected chi connectivity index (χ3v) is 5.25. The smallest absolute Gasteiger partial charge is 0.251 e. The lowest BCUT2D eigenvalue weighted by molar-refractivity contribution is -0.123.